The van der Waals surface area contributed by atoms with E-state index >= 15 is 0 Å². The topological polar surface area (TPSA) is 117 Å². The van der Waals surface area contributed by atoms with Crippen molar-refractivity contribution in [1.82, 2.24) is 34.7 Å². The van der Waals surface area contributed by atoms with Gasteiger partial charge in [0, 0.05) is 29.8 Å². The molecular weight excluding hydrogens is 476 g/mol. The van der Waals surface area contributed by atoms with Crippen LogP contribution in [-0.2, 0) is 4.79 Å². The van der Waals surface area contributed by atoms with Gasteiger partial charge in [-0.3, -0.25) is 14.9 Å². The van der Waals surface area contributed by atoms with Gasteiger partial charge in [0.1, 0.15) is 11.2 Å². The molecule has 0 fully saturated rings. The molecule has 0 bridgehead atoms. The van der Waals surface area contributed by atoms with Crippen LogP contribution < -0.4 is 5.32 Å². The molecule has 0 spiro atoms. The Hall–Kier alpha value is -4.79. The molecule has 0 atom stereocenters. The number of carbonyl (C=O) groups is 1. The fourth-order valence-electron chi connectivity index (χ4n) is 4.71. The van der Waals surface area contributed by atoms with Crippen molar-refractivity contribution in [2.75, 3.05) is 5.32 Å². The molecule has 0 saturated carbocycles. The highest BCUT2D eigenvalue weighted by molar-refractivity contribution is 5.98. The molecule has 190 valence electrons. The van der Waals surface area contributed by atoms with Crippen molar-refractivity contribution >= 4 is 33.5 Å². The molecule has 0 aliphatic rings. The molecule has 5 heterocycles. The SMILES string of the molecule is CCCCC(=O)Nc1cncc(-c2ccc3[nH]nc(-c4cc5c(-n6cnc(C)c6)ccc(C)c5[nH]4)c3n2)c1. The molecular formula is C29H28N8O. The van der Waals surface area contributed by atoms with Crippen LogP contribution in [0.25, 0.3) is 50.3 Å². The zero-order valence-corrected chi connectivity index (χ0v) is 21.5. The van der Waals surface area contributed by atoms with Crippen molar-refractivity contribution in [3.63, 3.8) is 0 Å². The summed E-state index contributed by atoms with van der Waals surface area (Å²) in [4.78, 5) is 29.4. The quantitative estimate of drug-likeness (QED) is 0.243. The smallest absolute Gasteiger partial charge is 0.224 e. The number of nitrogens with one attached hydrogen (secondary N) is 3. The van der Waals surface area contributed by atoms with E-state index in [1.807, 2.05) is 42.2 Å². The summed E-state index contributed by atoms with van der Waals surface area (Å²) in [5, 5.41) is 11.7. The van der Waals surface area contributed by atoms with E-state index in [-0.39, 0.29) is 5.91 Å². The summed E-state index contributed by atoms with van der Waals surface area (Å²) in [5.41, 5.74) is 9.63. The largest absolute Gasteiger partial charge is 0.353 e. The zero-order valence-electron chi connectivity index (χ0n) is 21.5. The number of hydrogen-bond donors (Lipinski definition) is 3. The summed E-state index contributed by atoms with van der Waals surface area (Å²) in [6, 6.07) is 12.1. The Balaban J connectivity index is 1.39. The highest BCUT2D eigenvalue weighted by Crippen LogP contribution is 2.33. The summed E-state index contributed by atoms with van der Waals surface area (Å²) in [6.07, 6.45) is 9.58. The van der Waals surface area contributed by atoms with Crippen LogP contribution in [0.5, 0.6) is 0 Å². The van der Waals surface area contributed by atoms with Crippen LogP contribution in [0, 0.1) is 13.8 Å². The first kappa shape index (κ1) is 23.6. The molecule has 0 aliphatic heterocycles. The van der Waals surface area contributed by atoms with Crippen LogP contribution in [-0.4, -0.2) is 40.6 Å². The van der Waals surface area contributed by atoms with Gasteiger partial charge in [-0.15, -0.1) is 0 Å². The fourth-order valence-corrected chi connectivity index (χ4v) is 4.71. The maximum atomic E-state index is 12.2. The van der Waals surface area contributed by atoms with Gasteiger partial charge < -0.3 is 14.9 Å². The number of pyridine rings is 2. The van der Waals surface area contributed by atoms with E-state index in [0.29, 0.717) is 12.1 Å². The first-order chi connectivity index (χ1) is 18.5. The van der Waals surface area contributed by atoms with E-state index in [2.05, 4.69) is 62.5 Å². The first-order valence-corrected chi connectivity index (χ1v) is 12.7. The van der Waals surface area contributed by atoms with Crippen molar-refractivity contribution in [1.29, 1.82) is 0 Å². The minimum absolute atomic E-state index is 0.00865. The molecule has 0 unspecified atom stereocenters. The second kappa shape index (κ2) is 9.59. The number of nitrogens with zero attached hydrogens (tertiary/aromatic N) is 5. The predicted molar refractivity (Wildman–Crippen MR) is 149 cm³/mol. The van der Waals surface area contributed by atoms with E-state index in [0.717, 1.165) is 74.4 Å². The fraction of sp³-hybridized carbons (Fsp3) is 0.207. The number of aryl methyl sites for hydroxylation is 2. The molecule has 6 aromatic rings. The first-order valence-electron chi connectivity index (χ1n) is 12.7. The molecule has 6 rings (SSSR count). The van der Waals surface area contributed by atoms with Gasteiger partial charge in [0.15, 0.2) is 0 Å². The average Bonchev–Trinajstić information content (AvgIpc) is 3.66. The summed E-state index contributed by atoms with van der Waals surface area (Å²) in [7, 11) is 0. The second-order valence-electron chi connectivity index (χ2n) is 9.57. The van der Waals surface area contributed by atoms with Crippen LogP contribution in [0.4, 0.5) is 5.69 Å². The minimum atomic E-state index is -0.00865. The Bertz CT molecular complexity index is 1790. The van der Waals surface area contributed by atoms with Crippen molar-refractivity contribution in [2.45, 2.75) is 40.0 Å². The van der Waals surface area contributed by atoms with Crippen LogP contribution >= 0.6 is 0 Å². The Morgan fingerprint density at radius 1 is 1.11 bits per heavy atom. The molecule has 0 aliphatic carbocycles. The maximum absolute atomic E-state index is 12.2. The van der Waals surface area contributed by atoms with Crippen molar-refractivity contribution in [3.8, 4) is 28.3 Å². The van der Waals surface area contributed by atoms with Gasteiger partial charge in [-0.1, -0.05) is 19.4 Å². The Labute approximate surface area is 219 Å². The lowest BCUT2D eigenvalue weighted by molar-refractivity contribution is -0.116. The van der Waals surface area contributed by atoms with Gasteiger partial charge >= 0.3 is 0 Å². The number of benzene rings is 1. The number of rotatable bonds is 7. The summed E-state index contributed by atoms with van der Waals surface area (Å²) in [5.74, 6) is -0.00865. The van der Waals surface area contributed by atoms with Crippen LogP contribution in [0.15, 0.2) is 61.3 Å². The highest BCUT2D eigenvalue weighted by atomic mass is 16.1. The highest BCUT2D eigenvalue weighted by Gasteiger charge is 2.17. The third-order valence-corrected chi connectivity index (χ3v) is 6.71. The Morgan fingerprint density at radius 2 is 2.00 bits per heavy atom. The van der Waals surface area contributed by atoms with Gasteiger partial charge in [0.2, 0.25) is 5.91 Å². The van der Waals surface area contributed by atoms with Crippen LogP contribution in [0.1, 0.15) is 37.4 Å². The number of aromatic amines is 2. The number of hydrogen-bond acceptors (Lipinski definition) is 5. The van der Waals surface area contributed by atoms with E-state index in [1.54, 1.807) is 12.4 Å². The van der Waals surface area contributed by atoms with E-state index in [1.165, 1.54) is 0 Å². The van der Waals surface area contributed by atoms with Crippen LogP contribution in [0.3, 0.4) is 0 Å². The van der Waals surface area contributed by atoms with Gasteiger partial charge in [0.05, 0.1) is 52.0 Å². The molecule has 38 heavy (non-hydrogen) atoms. The summed E-state index contributed by atoms with van der Waals surface area (Å²) < 4.78 is 2.04. The predicted octanol–water partition coefficient (Wildman–Crippen LogP) is 6.10. The van der Waals surface area contributed by atoms with Crippen molar-refractivity contribution in [3.05, 3.63) is 72.6 Å². The number of anilines is 1. The Kier molecular flexibility index (Phi) is 5.95. The number of imidazole rings is 1. The maximum Gasteiger partial charge on any atom is 0.224 e. The summed E-state index contributed by atoms with van der Waals surface area (Å²) in [6.45, 7) is 6.14. The van der Waals surface area contributed by atoms with Crippen molar-refractivity contribution < 1.29 is 4.79 Å². The van der Waals surface area contributed by atoms with E-state index in [4.69, 9.17) is 4.98 Å². The van der Waals surface area contributed by atoms with Gasteiger partial charge in [0.25, 0.3) is 0 Å². The number of H-pyrrole nitrogens is 2. The molecule has 9 heteroatoms. The third-order valence-electron chi connectivity index (χ3n) is 6.71. The minimum Gasteiger partial charge on any atom is -0.353 e. The monoisotopic (exact) mass is 504 g/mol. The second-order valence-corrected chi connectivity index (χ2v) is 9.57. The number of fused-ring (bicyclic) bond motifs is 2. The summed E-state index contributed by atoms with van der Waals surface area (Å²) >= 11 is 0. The average molecular weight is 505 g/mol. The Morgan fingerprint density at radius 3 is 2.82 bits per heavy atom. The molecule has 5 aromatic heterocycles. The molecule has 1 amide bonds. The lowest BCUT2D eigenvalue weighted by atomic mass is 10.1. The lowest BCUT2D eigenvalue weighted by Gasteiger charge is -2.07. The number of aromatic nitrogens is 7. The van der Waals surface area contributed by atoms with Gasteiger partial charge in [-0.2, -0.15) is 5.10 Å². The number of amides is 1. The van der Waals surface area contributed by atoms with Gasteiger partial charge in [-0.05, 0) is 56.2 Å². The van der Waals surface area contributed by atoms with Gasteiger partial charge in [-0.25, -0.2) is 9.97 Å². The molecule has 9 nitrogen and oxygen atoms in total. The van der Waals surface area contributed by atoms with Crippen molar-refractivity contribution in [2.24, 2.45) is 0 Å². The molecule has 1 aromatic carbocycles. The van der Waals surface area contributed by atoms with Crippen LogP contribution in [0.2, 0.25) is 0 Å². The lowest BCUT2D eigenvalue weighted by Crippen LogP contribution is -2.11. The molecule has 0 radical (unpaired) electrons. The number of carbonyl (C=O) groups excluding carboxylic acids is 1. The van der Waals surface area contributed by atoms with E-state index < -0.39 is 0 Å². The molecule has 3 N–H and O–H groups in total. The third kappa shape index (κ3) is 4.32. The molecule has 0 saturated heterocycles. The standard InChI is InChI=1S/C29H28N8O/c1-4-5-6-26(38)32-20-11-19(13-30-14-20)22-8-9-23-28(33-22)29(36-35-23)24-12-21-25(37-15-18(3)31-16-37)10-7-17(2)27(21)34-24/h7-16,34H,4-6H2,1-3H3,(H,32,38)(H,35,36). The zero-order chi connectivity index (χ0) is 26.2. The normalized spacial score (nSPS) is 11.4. The number of unbranched alkanes of at least 4 members (excludes halogenated alkanes) is 1. The van der Waals surface area contributed by atoms with E-state index in [9.17, 15) is 4.79 Å².